The molecule has 3 N–H and O–H groups in total. The summed E-state index contributed by atoms with van der Waals surface area (Å²) < 4.78 is 0. The Bertz CT molecular complexity index is 1000. The number of rotatable bonds is 7. The first-order chi connectivity index (χ1) is 14.8. The number of nitrogens with zero attached hydrogens (tertiary/aromatic N) is 1. The molecule has 1 saturated heterocycles. The molecule has 31 heavy (non-hydrogen) atoms. The first-order valence-corrected chi connectivity index (χ1v) is 10.1. The average molecular weight is 422 g/mol. The number of amides is 5. The fraction of sp³-hybridized carbons (Fsp3) is 0.304. The maximum absolute atomic E-state index is 13.0. The normalized spacial score (nSPS) is 18.0. The Morgan fingerprint density at radius 2 is 1.68 bits per heavy atom. The van der Waals surface area contributed by atoms with Gasteiger partial charge in [0.25, 0.3) is 11.8 Å². The minimum Gasteiger partial charge on any atom is -0.355 e. The molecule has 162 valence electrons. The summed E-state index contributed by atoms with van der Waals surface area (Å²) in [6.45, 7) is 3.32. The maximum Gasteiger partial charge on any atom is 0.325 e. The molecule has 1 aliphatic rings. The van der Waals surface area contributed by atoms with E-state index in [0.29, 0.717) is 16.8 Å². The summed E-state index contributed by atoms with van der Waals surface area (Å²) in [5, 5.41) is 7.86. The lowest BCUT2D eigenvalue weighted by atomic mass is 9.91. The number of hydrogen-bond donors (Lipinski definition) is 3. The second-order valence-electron chi connectivity index (χ2n) is 7.60. The Balaban J connectivity index is 1.67. The molecule has 0 bridgehead atoms. The summed E-state index contributed by atoms with van der Waals surface area (Å²) in [6, 6.07) is 13.2. The van der Waals surface area contributed by atoms with Gasteiger partial charge >= 0.3 is 6.03 Å². The van der Waals surface area contributed by atoms with Crippen LogP contribution in [0.1, 0.15) is 41.8 Å². The van der Waals surface area contributed by atoms with Gasteiger partial charge in [-0.2, -0.15) is 0 Å². The molecular formula is C23H26N4O4. The monoisotopic (exact) mass is 422 g/mol. The van der Waals surface area contributed by atoms with Crippen LogP contribution >= 0.6 is 0 Å². The van der Waals surface area contributed by atoms with Crippen LogP contribution in [-0.4, -0.2) is 42.2 Å². The molecular weight excluding hydrogens is 396 g/mol. The number of aryl methyl sites for hydroxylation is 1. The zero-order chi connectivity index (χ0) is 22.6. The van der Waals surface area contributed by atoms with Crippen LogP contribution in [-0.2, 0) is 21.5 Å². The summed E-state index contributed by atoms with van der Waals surface area (Å²) in [5.74, 6) is -1.23. The zero-order valence-electron chi connectivity index (χ0n) is 17.8. The molecule has 2 aromatic rings. The third-order valence-electron chi connectivity index (χ3n) is 5.30. The fourth-order valence-electron chi connectivity index (χ4n) is 3.52. The van der Waals surface area contributed by atoms with Gasteiger partial charge < -0.3 is 16.0 Å². The van der Waals surface area contributed by atoms with E-state index in [4.69, 9.17) is 0 Å². The molecule has 5 amide bonds. The highest BCUT2D eigenvalue weighted by Gasteiger charge is 2.49. The number of hydrogen-bond acceptors (Lipinski definition) is 4. The van der Waals surface area contributed by atoms with Gasteiger partial charge in [-0.15, -0.1) is 0 Å². The Morgan fingerprint density at radius 1 is 1.03 bits per heavy atom. The van der Waals surface area contributed by atoms with Crippen molar-refractivity contribution in [2.45, 2.75) is 32.2 Å². The van der Waals surface area contributed by atoms with Crippen LogP contribution in [0.3, 0.4) is 0 Å². The first kappa shape index (κ1) is 22.0. The largest absolute Gasteiger partial charge is 0.355 e. The molecule has 0 aromatic heterocycles. The molecule has 1 heterocycles. The fourth-order valence-corrected chi connectivity index (χ4v) is 3.52. The number of anilines is 1. The maximum atomic E-state index is 13.0. The standard InChI is InChI=1S/C23H26N4O4/c1-4-5-15-6-10-17(11-7-15)23(2)21(30)27(22(31)26-23)14-19(28)25-18-12-8-16(9-13-18)20(29)24-3/h6-13H,4-5,14H2,1-3H3,(H,24,29)(H,25,28)(H,26,31)/t23-/m1/s1. The van der Waals surface area contributed by atoms with Crippen LogP contribution in [0.5, 0.6) is 0 Å². The third-order valence-corrected chi connectivity index (χ3v) is 5.30. The van der Waals surface area contributed by atoms with Crippen LogP contribution in [0.25, 0.3) is 0 Å². The SMILES string of the molecule is CCCc1ccc([C@@]2(C)NC(=O)N(CC(=O)Nc3ccc(C(=O)NC)cc3)C2=O)cc1. The Hall–Kier alpha value is -3.68. The topological polar surface area (TPSA) is 108 Å². The number of carbonyl (C=O) groups is 4. The Labute approximate surface area is 181 Å². The lowest BCUT2D eigenvalue weighted by molar-refractivity contribution is -0.133. The van der Waals surface area contributed by atoms with Crippen LogP contribution in [0, 0.1) is 0 Å². The van der Waals surface area contributed by atoms with Crippen LogP contribution in [0.4, 0.5) is 10.5 Å². The van der Waals surface area contributed by atoms with Gasteiger partial charge in [0.1, 0.15) is 12.1 Å². The minimum absolute atomic E-state index is 0.237. The smallest absolute Gasteiger partial charge is 0.325 e. The molecule has 1 atom stereocenters. The van der Waals surface area contributed by atoms with Gasteiger partial charge in [0.15, 0.2) is 0 Å². The third kappa shape index (κ3) is 4.58. The highest BCUT2D eigenvalue weighted by atomic mass is 16.2. The van der Waals surface area contributed by atoms with Gasteiger partial charge in [0.2, 0.25) is 5.91 Å². The van der Waals surface area contributed by atoms with E-state index in [1.165, 1.54) is 7.05 Å². The number of imide groups is 1. The van der Waals surface area contributed by atoms with Gasteiger partial charge in [0.05, 0.1) is 0 Å². The molecule has 0 spiro atoms. The van der Waals surface area contributed by atoms with E-state index >= 15 is 0 Å². The Kier molecular flexibility index (Phi) is 6.39. The van der Waals surface area contributed by atoms with Crippen molar-refractivity contribution in [2.75, 3.05) is 18.9 Å². The number of nitrogens with one attached hydrogen (secondary N) is 3. The van der Waals surface area contributed by atoms with Crippen LogP contribution < -0.4 is 16.0 Å². The summed E-state index contributed by atoms with van der Waals surface area (Å²) in [7, 11) is 1.53. The summed E-state index contributed by atoms with van der Waals surface area (Å²) >= 11 is 0. The van der Waals surface area contributed by atoms with Crippen molar-refractivity contribution < 1.29 is 19.2 Å². The van der Waals surface area contributed by atoms with Crippen molar-refractivity contribution in [1.82, 2.24) is 15.5 Å². The van der Waals surface area contributed by atoms with Crippen molar-refractivity contribution >= 4 is 29.4 Å². The van der Waals surface area contributed by atoms with Gasteiger partial charge in [-0.05, 0) is 48.7 Å². The number of urea groups is 1. The lowest BCUT2D eigenvalue weighted by Gasteiger charge is -2.22. The van der Waals surface area contributed by atoms with Crippen molar-refractivity contribution in [3.05, 3.63) is 65.2 Å². The molecule has 1 fully saturated rings. The first-order valence-electron chi connectivity index (χ1n) is 10.1. The van der Waals surface area contributed by atoms with E-state index in [-0.39, 0.29) is 5.91 Å². The van der Waals surface area contributed by atoms with Crippen LogP contribution in [0.15, 0.2) is 48.5 Å². The van der Waals surface area contributed by atoms with Crippen molar-refractivity contribution in [2.24, 2.45) is 0 Å². The molecule has 8 nitrogen and oxygen atoms in total. The van der Waals surface area contributed by atoms with Gasteiger partial charge in [-0.1, -0.05) is 37.6 Å². The van der Waals surface area contributed by atoms with E-state index in [0.717, 1.165) is 23.3 Å². The van der Waals surface area contributed by atoms with Gasteiger partial charge in [-0.25, -0.2) is 4.79 Å². The highest BCUT2D eigenvalue weighted by Crippen LogP contribution is 2.29. The average Bonchev–Trinajstić information content (AvgIpc) is 2.98. The van der Waals surface area contributed by atoms with E-state index in [1.54, 1.807) is 31.2 Å². The molecule has 0 unspecified atom stereocenters. The second kappa shape index (κ2) is 8.99. The summed E-state index contributed by atoms with van der Waals surface area (Å²) in [6.07, 6.45) is 1.96. The minimum atomic E-state index is -1.22. The van der Waals surface area contributed by atoms with E-state index in [9.17, 15) is 19.2 Å². The van der Waals surface area contributed by atoms with Crippen molar-refractivity contribution in [3.63, 3.8) is 0 Å². The number of carbonyl (C=O) groups excluding carboxylic acids is 4. The van der Waals surface area contributed by atoms with Gasteiger partial charge in [0, 0.05) is 18.3 Å². The summed E-state index contributed by atoms with van der Waals surface area (Å²) in [5.41, 5.74) is 1.51. The molecule has 0 radical (unpaired) electrons. The van der Waals surface area contributed by atoms with E-state index < -0.39 is 29.9 Å². The van der Waals surface area contributed by atoms with Crippen molar-refractivity contribution in [1.29, 1.82) is 0 Å². The van der Waals surface area contributed by atoms with Crippen LogP contribution in [0.2, 0.25) is 0 Å². The molecule has 8 heteroatoms. The molecule has 3 rings (SSSR count). The summed E-state index contributed by atoms with van der Waals surface area (Å²) in [4.78, 5) is 50.4. The second-order valence-corrected chi connectivity index (χ2v) is 7.60. The molecule has 0 saturated carbocycles. The molecule has 1 aliphatic heterocycles. The predicted octanol–water partition coefficient (Wildman–Crippen LogP) is 2.40. The van der Waals surface area contributed by atoms with Gasteiger partial charge in [-0.3, -0.25) is 19.3 Å². The molecule has 2 aromatic carbocycles. The number of benzene rings is 2. The zero-order valence-corrected chi connectivity index (χ0v) is 17.8. The predicted molar refractivity (Wildman–Crippen MR) is 116 cm³/mol. The van der Waals surface area contributed by atoms with E-state index in [1.807, 2.05) is 24.3 Å². The molecule has 0 aliphatic carbocycles. The lowest BCUT2D eigenvalue weighted by Crippen LogP contribution is -2.42. The Morgan fingerprint density at radius 3 is 2.26 bits per heavy atom. The quantitative estimate of drug-likeness (QED) is 0.596. The van der Waals surface area contributed by atoms with E-state index in [2.05, 4.69) is 22.9 Å². The highest BCUT2D eigenvalue weighted by molar-refractivity contribution is 6.10. The van der Waals surface area contributed by atoms with Crippen molar-refractivity contribution in [3.8, 4) is 0 Å².